The molecular formula is C14H22FN3. The fraction of sp³-hybridized carbons (Fsp3) is 0.571. The largest absolute Gasteiger partial charge is 0.395 e. The number of hydrogen-bond donors (Lipinski definition) is 1. The van der Waals surface area contributed by atoms with Crippen molar-refractivity contribution >= 4 is 11.4 Å². The van der Waals surface area contributed by atoms with Crippen LogP contribution in [0, 0.1) is 5.82 Å². The standard InChI is InChI=1S/C14H22FN3/c1-3-11(2)17-7-9-18(10-8-17)13-6-4-5-12(15)14(13)16/h4-6,11H,3,7-10,16H2,1-2H3. The van der Waals surface area contributed by atoms with E-state index in [0.717, 1.165) is 31.9 Å². The molecule has 0 aromatic heterocycles. The topological polar surface area (TPSA) is 32.5 Å². The fourth-order valence-electron chi connectivity index (χ4n) is 2.46. The van der Waals surface area contributed by atoms with Crippen LogP contribution in [0.4, 0.5) is 15.8 Å². The second-order valence-corrected chi connectivity index (χ2v) is 4.95. The predicted molar refractivity (Wildman–Crippen MR) is 74.4 cm³/mol. The fourth-order valence-corrected chi connectivity index (χ4v) is 2.46. The number of anilines is 2. The van der Waals surface area contributed by atoms with Crippen LogP contribution >= 0.6 is 0 Å². The summed E-state index contributed by atoms with van der Waals surface area (Å²) in [5, 5.41) is 0. The quantitative estimate of drug-likeness (QED) is 0.837. The molecule has 2 N–H and O–H groups in total. The molecule has 1 aliphatic rings. The third-order valence-electron chi connectivity index (χ3n) is 3.90. The van der Waals surface area contributed by atoms with Crippen molar-refractivity contribution in [3.63, 3.8) is 0 Å². The van der Waals surface area contributed by atoms with Gasteiger partial charge in [-0.05, 0) is 25.5 Å². The molecular weight excluding hydrogens is 229 g/mol. The van der Waals surface area contributed by atoms with Gasteiger partial charge >= 0.3 is 0 Å². The van der Waals surface area contributed by atoms with Gasteiger partial charge in [0.2, 0.25) is 0 Å². The zero-order chi connectivity index (χ0) is 13.1. The van der Waals surface area contributed by atoms with Crippen LogP contribution in [-0.4, -0.2) is 37.1 Å². The summed E-state index contributed by atoms with van der Waals surface area (Å²) in [6.45, 7) is 8.33. The number of nitrogens with two attached hydrogens (primary N) is 1. The molecule has 1 heterocycles. The highest BCUT2D eigenvalue weighted by molar-refractivity contribution is 5.68. The molecule has 1 saturated heterocycles. The zero-order valence-corrected chi connectivity index (χ0v) is 11.2. The van der Waals surface area contributed by atoms with E-state index in [1.54, 1.807) is 6.07 Å². The molecule has 2 rings (SSSR count). The summed E-state index contributed by atoms with van der Waals surface area (Å²) in [6, 6.07) is 5.66. The van der Waals surface area contributed by atoms with Gasteiger partial charge in [0.15, 0.2) is 0 Å². The summed E-state index contributed by atoms with van der Waals surface area (Å²) >= 11 is 0. The van der Waals surface area contributed by atoms with Gasteiger partial charge in [0.25, 0.3) is 0 Å². The van der Waals surface area contributed by atoms with Gasteiger partial charge in [-0.25, -0.2) is 4.39 Å². The van der Waals surface area contributed by atoms with Gasteiger partial charge in [0.1, 0.15) is 5.82 Å². The molecule has 1 unspecified atom stereocenters. The van der Waals surface area contributed by atoms with Crippen molar-refractivity contribution in [2.45, 2.75) is 26.3 Å². The molecule has 0 saturated carbocycles. The molecule has 0 radical (unpaired) electrons. The first-order valence-corrected chi connectivity index (χ1v) is 6.66. The van der Waals surface area contributed by atoms with Gasteiger partial charge in [-0.3, -0.25) is 4.90 Å². The van der Waals surface area contributed by atoms with Gasteiger partial charge in [-0.15, -0.1) is 0 Å². The van der Waals surface area contributed by atoms with Crippen LogP contribution in [0.15, 0.2) is 18.2 Å². The normalized spacial score (nSPS) is 18.9. The Labute approximate surface area is 108 Å². The first-order valence-electron chi connectivity index (χ1n) is 6.66. The summed E-state index contributed by atoms with van der Waals surface area (Å²) in [7, 11) is 0. The molecule has 0 amide bonds. The van der Waals surface area contributed by atoms with Crippen molar-refractivity contribution in [3.05, 3.63) is 24.0 Å². The van der Waals surface area contributed by atoms with Crippen molar-refractivity contribution in [1.82, 2.24) is 4.90 Å². The van der Waals surface area contributed by atoms with E-state index in [9.17, 15) is 4.39 Å². The molecule has 0 spiro atoms. The highest BCUT2D eigenvalue weighted by Crippen LogP contribution is 2.26. The van der Waals surface area contributed by atoms with E-state index >= 15 is 0 Å². The van der Waals surface area contributed by atoms with Crippen LogP contribution in [0.1, 0.15) is 20.3 Å². The minimum Gasteiger partial charge on any atom is -0.395 e. The molecule has 3 nitrogen and oxygen atoms in total. The first kappa shape index (κ1) is 13.1. The lowest BCUT2D eigenvalue weighted by Gasteiger charge is -2.39. The van der Waals surface area contributed by atoms with Gasteiger partial charge in [-0.2, -0.15) is 0 Å². The SMILES string of the molecule is CCC(C)N1CCN(c2cccc(F)c2N)CC1. The minimum absolute atomic E-state index is 0.273. The third-order valence-corrected chi connectivity index (χ3v) is 3.90. The van der Waals surface area contributed by atoms with Crippen LogP contribution < -0.4 is 10.6 Å². The van der Waals surface area contributed by atoms with E-state index in [1.807, 2.05) is 6.07 Å². The van der Waals surface area contributed by atoms with Crippen molar-refractivity contribution in [1.29, 1.82) is 0 Å². The lowest BCUT2D eigenvalue weighted by molar-refractivity contribution is 0.193. The maximum atomic E-state index is 13.4. The third kappa shape index (κ3) is 2.58. The number of halogens is 1. The first-order chi connectivity index (χ1) is 8.63. The van der Waals surface area contributed by atoms with Crippen molar-refractivity contribution in [3.8, 4) is 0 Å². The number of piperazine rings is 1. The van der Waals surface area contributed by atoms with E-state index in [-0.39, 0.29) is 11.5 Å². The monoisotopic (exact) mass is 251 g/mol. The van der Waals surface area contributed by atoms with Crippen LogP contribution in [0.25, 0.3) is 0 Å². The molecule has 1 aromatic carbocycles. The Bertz CT molecular complexity index is 400. The lowest BCUT2D eigenvalue weighted by atomic mass is 10.1. The molecule has 1 atom stereocenters. The summed E-state index contributed by atoms with van der Waals surface area (Å²) in [5.41, 5.74) is 6.91. The van der Waals surface area contributed by atoms with Crippen LogP contribution in [0.5, 0.6) is 0 Å². The number of benzene rings is 1. The summed E-state index contributed by atoms with van der Waals surface area (Å²) in [5.74, 6) is -0.322. The van der Waals surface area contributed by atoms with Gasteiger partial charge < -0.3 is 10.6 Å². The average Bonchev–Trinajstić information content (AvgIpc) is 2.41. The number of nitrogen functional groups attached to an aromatic ring is 1. The van der Waals surface area contributed by atoms with Gasteiger partial charge in [0, 0.05) is 32.2 Å². The lowest BCUT2D eigenvalue weighted by Crippen LogP contribution is -2.49. The Morgan fingerprint density at radius 3 is 2.56 bits per heavy atom. The summed E-state index contributed by atoms with van der Waals surface area (Å²) in [4.78, 5) is 4.66. The highest BCUT2D eigenvalue weighted by Gasteiger charge is 2.21. The Morgan fingerprint density at radius 2 is 1.94 bits per heavy atom. The van der Waals surface area contributed by atoms with E-state index in [1.165, 1.54) is 12.5 Å². The molecule has 1 aliphatic heterocycles. The van der Waals surface area contributed by atoms with Crippen molar-refractivity contribution in [2.75, 3.05) is 36.8 Å². The smallest absolute Gasteiger partial charge is 0.148 e. The Morgan fingerprint density at radius 1 is 1.28 bits per heavy atom. The van der Waals surface area contributed by atoms with Crippen molar-refractivity contribution < 1.29 is 4.39 Å². The van der Waals surface area contributed by atoms with Crippen molar-refractivity contribution in [2.24, 2.45) is 0 Å². The average molecular weight is 251 g/mol. The van der Waals surface area contributed by atoms with Crippen LogP contribution in [-0.2, 0) is 0 Å². The van der Waals surface area contributed by atoms with Crippen LogP contribution in [0.3, 0.4) is 0 Å². The predicted octanol–water partition coefficient (Wildman–Crippen LogP) is 2.33. The number of hydrogen-bond acceptors (Lipinski definition) is 3. The summed E-state index contributed by atoms with van der Waals surface area (Å²) < 4.78 is 13.4. The van der Waals surface area contributed by atoms with Gasteiger partial charge in [-0.1, -0.05) is 13.0 Å². The van der Waals surface area contributed by atoms with E-state index in [0.29, 0.717) is 6.04 Å². The Balaban J connectivity index is 2.03. The molecule has 0 bridgehead atoms. The van der Waals surface area contributed by atoms with E-state index in [2.05, 4.69) is 23.6 Å². The molecule has 1 fully saturated rings. The number of para-hydroxylation sites is 1. The number of nitrogens with zero attached hydrogens (tertiary/aromatic N) is 2. The van der Waals surface area contributed by atoms with Crippen LogP contribution in [0.2, 0.25) is 0 Å². The molecule has 1 aromatic rings. The minimum atomic E-state index is -0.322. The molecule has 4 heteroatoms. The molecule has 18 heavy (non-hydrogen) atoms. The molecule has 100 valence electrons. The zero-order valence-electron chi connectivity index (χ0n) is 11.2. The second-order valence-electron chi connectivity index (χ2n) is 4.95. The highest BCUT2D eigenvalue weighted by atomic mass is 19.1. The maximum Gasteiger partial charge on any atom is 0.148 e. The number of rotatable bonds is 3. The maximum absolute atomic E-state index is 13.4. The van der Waals surface area contributed by atoms with E-state index in [4.69, 9.17) is 5.73 Å². The Kier molecular flexibility index (Phi) is 4.07. The van der Waals surface area contributed by atoms with Gasteiger partial charge in [0.05, 0.1) is 11.4 Å². The van der Waals surface area contributed by atoms with E-state index < -0.39 is 0 Å². The second kappa shape index (κ2) is 5.57. The molecule has 0 aliphatic carbocycles. The summed E-state index contributed by atoms with van der Waals surface area (Å²) in [6.07, 6.45) is 1.17. The Hall–Kier alpha value is -1.29.